The zero-order valence-corrected chi connectivity index (χ0v) is 11.0. The molecule has 0 N–H and O–H groups in total. The van der Waals surface area contributed by atoms with Crippen LogP contribution in [0.2, 0.25) is 4.34 Å². The monoisotopic (exact) mass is 262 g/mol. The van der Waals surface area contributed by atoms with E-state index in [9.17, 15) is 0 Å². The molecule has 0 aromatic carbocycles. The minimum absolute atomic E-state index is 0.396. The van der Waals surface area contributed by atoms with Crippen molar-refractivity contribution in [1.82, 2.24) is 0 Å². The maximum Gasteiger partial charge on any atom is 0.0931 e. The van der Waals surface area contributed by atoms with Gasteiger partial charge in [-0.3, -0.25) is 0 Å². The van der Waals surface area contributed by atoms with Crippen LogP contribution < -0.4 is 0 Å². The molecule has 0 aliphatic heterocycles. The largest absolute Gasteiger partial charge is 0.128 e. The molecule has 0 amide bonds. The van der Waals surface area contributed by atoms with Gasteiger partial charge in [-0.25, -0.2) is 0 Å². The Hall–Kier alpha value is 0.280. The fraction of sp³-hybridized carbons (Fsp3) is 0.667. The molecule has 2 unspecified atom stereocenters. The van der Waals surface area contributed by atoms with E-state index in [0.29, 0.717) is 5.38 Å². The molecule has 15 heavy (non-hydrogen) atoms. The summed E-state index contributed by atoms with van der Waals surface area (Å²) in [7, 11) is 0. The maximum atomic E-state index is 6.26. The van der Waals surface area contributed by atoms with Gasteiger partial charge in [-0.1, -0.05) is 30.9 Å². The minimum atomic E-state index is 0.396. The lowest BCUT2D eigenvalue weighted by Gasteiger charge is -2.14. The first kappa shape index (κ1) is 11.8. The van der Waals surface area contributed by atoms with Crippen LogP contribution in [0.1, 0.15) is 37.0 Å². The van der Waals surface area contributed by atoms with Crippen LogP contribution in [0.25, 0.3) is 0 Å². The second-order valence-electron chi connectivity index (χ2n) is 4.39. The first-order valence-corrected chi connectivity index (χ1v) is 7.25. The molecule has 2 rings (SSSR count). The Kier molecular flexibility index (Phi) is 4.36. The molecule has 2 atom stereocenters. The molecule has 1 aliphatic carbocycles. The Morgan fingerprint density at radius 2 is 2.07 bits per heavy atom. The van der Waals surface area contributed by atoms with Gasteiger partial charge in [0.25, 0.3) is 0 Å². The first-order valence-electron chi connectivity index (χ1n) is 5.62. The van der Waals surface area contributed by atoms with E-state index >= 15 is 0 Å². The maximum absolute atomic E-state index is 6.26. The van der Waals surface area contributed by atoms with Gasteiger partial charge in [0.1, 0.15) is 0 Å². The van der Waals surface area contributed by atoms with Gasteiger partial charge < -0.3 is 0 Å². The van der Waals surface area contributed by atoms with Crippen LogP contribution in [0.4, 0.5) is 0 Å². The average molecular weight is 263 g/mol. The lowest BCUT2D eigenvalue weighted by atomic mass is 9.96. The molecule has 3 heteroatoms. The summed E-state index contributed by atoms with van der Waals surface area (Å²) in [4.78, 5) is 1.41. The van der Waals surface area contributed by atoms with Crippen LogP contribution in [0.15, 0.2) is 12.1 Å². The highest BCUT2D eigenvalue weighted by Crippen LogP contribution is 2.31. The summed E-state index contributed by atoms with van der Waals surface area (Å²) in [6.45, 7) is 0. The molecule has 1 aromatic heterocycles. The van der Waals surface area contributed by atoms with Gasteiger partial charge in [0.2, 0.25) is 0 Å². The van der Waals surface area contributed by atoms with Gasteiger partial charge >= 0.3 is 0 Å². The Bertz CT molecular complexity index is 308. The minimum Gasteiger partial charge on any atom is -0.128 e. The summed E-state index contributed by atoms with van der Waals surface area (Å²) >= 11 is 13.9. The molecule has 1 saturated carbocycles. The van der Waals surface area contributed by atoms with Crippen LogP contribution >= 0.6 is 34.5 Å². The van der Waals surface area contributed by atoms with E-state index in [2.05, 4.69) is 6.07 Å². The molecular weight excluding hydrogens is 247 g/mol. The van der Waals surface area contributed by atoms with Crippen LogP contribution in [0.5, 0.6) is 0 Å². The van der Waals surface area contributed by atoms with Crippen molar-refractivity contribution in [2.45, 2.75) is 43.9 Å². The fourth-order valence-electron chi connectivity index (χ4n) is 2.33. The van der Waals surface area contributed by atoms with E-state index in [1.165, 1.54) is 43.4 Å². The topological polar surface area (TPSA) is 0 Å². The molecule has 1 fully saturated rings. The van der Waals surface area contributed by atoms with Crippen molar-refractivity contribution in [1.29, 1.82) is 0 Å². The van der Waals surface area contributed by atoms with Crippen molar-refractivity contribution in [3.8, 4) is 0 Å². The second-order valence-corrected chi connectivity index (χ2v) is 6.81. The van der Waals surface area contributed by atoms with Gasteiger partial charge in [0.05, 0.1) is 4.34 Å². The van der Waals surface area contributed by atoms with Gasteiger partial charge in [-0.05, 0) is 37.3 Å². The molecule has 1 heterocycles. The van der Waals surface area contributed by atoms with E-state index < -0.39 is 0 Å². The Labute approximate surface area is 106 Å². The summed E-state index contributed by atoms with van der Waals surface area (Å²) in [5, 5.41) is 0.396. The zero-order valence-electron chi connectivity index (χ0n) is 8.72. The second kappa shape index (κ2) is 5.56. The van der Waals surface area contributed by atoms with Crippen LogP contribution in [-0.2, 0) is 6.42 Å². The van der Waals surface area contributed by atoms with Crippen molar-refractivity contribution in [3.63, 3.8) is 0 Å². The van der Waals surface area contributed by atoms with Crippen molar-refractivity contribution < 1.29 is 0 Å². The summed E-state index contributed by atoms with van der Waals surface area (Å²) in [6, 6.07) is 4.15. The number of rotatable bonds is 2. The van der Waals surface area contributed by atoms with Gasteiger partial charge in [0.15, 0.2) is 0 Å². The molecule has 0 saturated heterocycles. The van der Waals surface area contributed by atoms with Gasteiger partial charge in [0, 0.05) is 10.3 Å². The summed E-state index contributed by atoms with van der Waals surface area (Å²) in [5.41, 5.74) is 0. The molecule has 0 radical (unpaired) electrons. The van der Waals surface area contributed by atoms with Crippen molar-refractivity contribution in [3.05, 3.63) is 21.3 Å². The zero-order chi connectivity index (χ0) is 10.7. The third-order valence-corrected chi connectivity index (χ3v) is 4.74. The highest BCUT2D eigenvalue weighted by molar-refractivity contribution is 7.16. The lowest BCUT2D eigenvalue weighted by molar-refractivity contribution is 0.463. The normalized spacial score (nSPS) is 27.6. The van der Waals surface area contributed by atoms with E-state index in [-0.39, 0.29) is 0 Å². The molecule has 1 aromatic rings. The standard InChI is InChI=1S/C12H16Cl2S/c13-10-4-2-1-3-9(7-10)8-11-5-6-12(14)15-11/h5-6,9-10H,1-4,7-8H2. The number of thiophene rings is 1. The van der Waals surface area contributed by atoms with E-state index in [0.717, 1.165) is 10.3 Å². The van der Waals surface area contributed by atoms with Gasteiger partial charge in [-0.15, -0.1) is 22.9 Å². The third kappa shape index (κ3) is 3.65. The average Bonchev–Trinajstić information content (AvgIpc) is 2.46. The lowest BCUT2D eigenvalue weighted by Crippen LogP contribution is -2.07. The first-order chi connectivity index (χ1) is 7.24. The van der Waals surface area contributed by atoms with E-state index in [4.69, 9.17) is 23.2 Å². The van der Waals surface area contributed by atoms with Crippen LogP contribution in [0, 0.1) is 5.92 Å². The Morgan fingerprint density at radius 1 is 1.27 bits per heavy atom. The number of halogens is 2. The van der Waals surface area contributed by atoms with Crippen LogP contribution in [-0.4, -0.2) is 5.38 Å². The number of hydrogen-bond acceptors (Lipinski definition) is 1. The smallest absolute Gasteiger partial charge is 0.0931 e. The molecule has 0 bridgehead atoms. The quantitative estimate of drug-likeness (QED) is 0.512. The fourth-order valence-corrected chi connectivity index (χ4v) is 3.94. The van der Waals surface area contributed by atoms with Crippen molar-refractivity contribution in [2.24, 2.45) is 5.92 Å². The van der Waals surface area contributed by atoms with Crippen molar-refractivity contribution >= 4 is 34.5 Å². The summed E-state index contributed by atoms with van der Waals surface area (Å²) in [6.07, 6.45) is 7.52. The number of hydrogen-bond donors (Lipinski definition) is 0. The van der Waals surface area contributed by atoms with Gasteiger partial charge in [-0.2, -0.15) is 0 Å². The Balaban J connectivity index is 1.92. The van der Waals surface area contributed by atoms with Crippen LogP contribution in [0.3, 0.4) is 0 Å². The molecule has 0 spiro atoms. The molecule has 0 nitrogen and oxygen atoms in total. The van der Waals surface area contributed by atoms with Crippen molar-refractivity contribution in [2.75, 3.05) is 0 Å². The summed E-state index contributed by atoms with van der Waals surface area (Å²) in [5.74, 6) is 0.768. The predicted octanol–water partition coefficient (Wildman–Crippen LogP) is 5.13. The highest BCUT2D eigenvalue weighted by atomic mass is 35.5. The highest BCUT2D eigenvalue weighted by Gasteiger charge is 2.19. The molecule has 84 valence electrons. The predicted molar refractivity (Wildman–Crippen MR) is 69.2 cm³/mol. The Morgan fingerprint density at radius 3 is 2.80 bits per heavy atom. The SMILES string of the molecule is Clc1ccc(CC2CCCCC(Cl)C2)s1. The molecule has 1 aliphatic rings. The van der Waals surface area contributed by atoms with E-state index in [1.54, 1.807) is 11.3 Å². The summed E-state index contributed by atoms with van der Waals surface area (Å²) < 4.78 is 0.904. The number of alkyl halides is 1. The third-order valence-electron chi connectivity index (χ3n) is 3.09. The van der Waals surface area contributed by atoms with E-state index in [1.807, 2.05) is 6.07 Å². The molecular formula is C12H16Cl2S.